The third kappa shape index (κ3) is 2.80. The SMILES string of the molecule is O=S(=O)(c1ccc2c3c(cccc13)CC2)N1CCS[C@@H]1c1cccc(Cl)c1. The van der Waals surface area contributed by atoms with E-state index in [-0.39, 0.29) is 5.37 Å². The van der Waals surface area contributed by atoms with Crippen LogP contribution in [-0.2, 0) is 22.9 Å². The summed E-state index contributed by atoms with van der Waals surface area (Å²) >= 11 is 7.79. The summed E-state index contributed by atoms with van der Waals surface area (Å²) in [5, 5.41) is 2.37. The van der Waals surface area contributed by atoms with Crippen molar-refractivity contribution in [2.45, 2.75) is 23.1 Å². The van der Waals surface area contributed by atoms with E-state index in [1.54, 1.807) is 22.1 Å². The van der Waals surface area contributed by atoms with Crippen molar-refractivity contribution in [1.29, 1.82) is 0 Å². The minimum atomic E-state index is -3.61. The molecule has 0 spiro atoms. The van der Waals surface area contributed by atoms with Gasteiger partial charge in [0.15, 0.2) is 0 Å². The lowest BCUT2D eigenvalue weighted by atomic mass is 10.1. The number of halogens is 1. The molecule has 138 valence electrons. The Bertz CT molecular complexity index is 1150. The van der Waals surface area contributed by atoms with Gasteiger partial charge in [-0.2, -0.15) is 4.31 Å². The first-order valence-corrected chi connectivity index (χ1v) is 11.8. The van der Waals surface area contributed by atoms with Gasteiger partial charge in [-0.1, -0.05) is 48.0 Å². The Hall–Kier alpha value is -1.53. The summed E-state index contributed by atoms with van der Waals surface area (Å²) < 4.78 is 28.9. The van der Waals surface area contributed by atoms with Gasteiger partial charge in [-0.15, -0.1) is 11.8 Å². The minimum Gasteiger partial charge on any atom is -0.207 e. The second-order valence-corrected chi connectivity index (χ2v) is 10.4. The fourth-order valence-electron chi connectivity index (χ4n) is 4.19. The lowest BCUT2D eigenvalue weighted by molar-refractivity contribution is 0.435. The van der Waals surface area contributed by atoms with Crippen LogP contribution in [-0.4, -0.2) is 25.0 Å². The van der Waals surface area contributed by atoms with E-state index in [1.807, 2.05) is 42.5 Å². The van der Waals surface area contributed by atoms with Gasteiger partial charge in [0.05, 0.1) is 10.3 Å². The van der Waals surface area contributed by atoms with Crippen molar-refractivity contribution in [3.05, 3.63) is 76.3 Å². The summed E-state index contributed by atoms with van der Waals surface area (Å²) in [6.07, 6.45) is 1.97. The summed E-state index contributed by atoms with van der Waals surface area (Å²) in [4.78, 5) is 0.416. The van der Waals surface area contributed by atoms with Crippen molar-refractivity contribution in [2.24, 2.45) is 0 Å². The minimum absolute atomic E-state index is 0.239. The second-order valence-electron chi connectivity index (χ2n) is 6.96. The molecule has 3 aromatic carbocycles. The predicted octanol–water partition coefficient (Wildman–Crippen LogP) is 5.03. The van der Waals surface area contributed by atoms with E-state index in [0.717, 1.165) is 34.9 Å². The summed E-state index contributed by atoms with van der Waals surface area (Å²) in [6, 6.07) is 17.3. The fraction of sp³-hybridized carbons (Fsp3) is 0.238. The molecule has 0 radical (unpaired) electrons. The van der Waals surface area contributed by atoms with Crippen molar-refractivity contribution < 1.29 is 8.42 Å². The molecule has 6 heteroatoms. The van der Waals surface area contributed by atoms with Crippen molar-refractivity contribution in [3.8, 4) is 0 Å². The van der Waals surface area contributed by atoms with E-state index in [0.29, 0.717) is 16.5 Å². The van der Waals surface area contributed by atoms with Crippen LogP contribution in [0.5, 0.6) is 0 Å². The number of thioether (sulfide) groups is 1. The normalized spacial score (nSPS) is 19.8. The zero-order valence-electron chi connectivity index (χ0n) is 14.6. The van der Waals surface area contributed by atoms with Crippen LogP contribution in [0.15, 0.2) is 59.5 Å². The lowest BCUT2D eigenvalue weighted by Gasteiger charge is -2.24. The van der Waals surface area contributed by atoms with E-state index in [9.17, 15) is 8.42 Å². The molecule has 0 unspecified atom stereocenters. The Morgan fingerprint density at radius 3 is 2.59 bits per heavy atom. The lowest BCUT2D eigenvalue weighted by Crippen LogP contribution is -2.30. The number of aryl methyl sites for hydroxylation is 2. The Morgan fingerprint density at radius 1 is 1.00 bits per heavy atom. The van der Waals surface area contributed by atoms with E-state index < -0.39 is 10.0 Å². The molecule has 1 heterocycles. The molecule has 1 saturated heterocycles. The summed E-state index contributed by atoms with van der Waals surface area (Å²) in [7, 11) is -3.61. The third-order valence-electron chi connectivity index (χ3n) is 5.41. The first-order chi connectivity index (χ1) is 13.1. The monoisotopic (exact) mass is 415 g/mol. The Balaban J connectivity index is 1.64. The number of rotatable bonds is 3. The van der Waals surface area contributed by atoms with Crippen molar-refractivity contribution >= 4 is 44.2 Å². The fourth-order valence-corrected chi connectivity index (χ4v) is 7.81. The van der Waals surface area contributed by atoms with Crippen LogP contribution in [0.1, 0.15) is 22.1 Å². The van der Waals surface area contributed by atoms with Crippen LogP contribution in [0.3, 0.4) is 0 Å². The van der Waals surface area contributed by atoms with Gasteiger partial charge in [-0.25, -0.2) is 8.42 Å². The largest absolute Gasteiger partial charge is 0.245 e. The predicted molar refractivity (Wildman–Crippen MR) is 112 cm³/mol. The summed E-state index contributed by atoms with van der Waals surface area (Å²) in [5.41, 5.74) is 3.43. The van der Waals surface area contributed by atoms with Crippen LogP contribution in [0.4, 0.5) is 0 Å². The maximum atomic E-state index is 13.6. The van der Waals surface area contributed by atoms with E-state index in [4.69, 9.17) is 11.6 Å². The maximum Gasteiger partial charge on any atom is 0.245 e. The molecule has 0 N–H and O–H groups in total. The van der Waals surface area contributed by atoms with Crippen LogP contribution in [0.25, 0.3) is 10.8 Å². The Labute approximate surface area is 168 Å². The highest BCUT2D eigenvalue weighted by Crippen LogP contribution is 2.44. The average molecular weight is 416 g/mol. The highest BCUT2D eigenvalue weighted by Gasteiger charge is 2.38. The molecule has 1 aliphatic heterocycles. The zero-order chi connectivity index (χ0) is 18.6. The van der Waals surface area contributed by atoms with E-state index >= 15 is 0 Å². The molecule has 27 heavy (non-hydrogen) atoms. The number of hydrogen-bond donors (Lipinski definition) is 0. The van der Waals surface area contributed by atoms with Gasteiger partial charge in [0.25, 0.3) is 0 Å². The van der Waals surface area contributed by atoms with Gasteiger partial charge in [-0.3, -0.25) is 0 Å². The van der Waals surface area contributed by atoms with Gasteiger partial charge >= 0.3 is 0 Å². The second kappa shape index (κ2) is 6.52. The first kappa shape index (κ1) is 17.6. The molecule has 3 aromatic rings. The highest BCUT2D eigenvalue weighted by atomic mass is 35.5. The molecule has 5 rings (SSSR count). The number of sulfonamides is 1. The molecular formula is C21H18ClNO2S2. The zero-order valence-corrected chi connectivity index (χ0v) is 16.9. The van der Waals surface area contributed by atoms with Crippen LogP contribution < -0.4 is 0 Å². The molecule has 0 aromatic heterocycles. The van der Waals surface area contributed by atoms with E-state index in [2.05, 4.69) is 6.07 Å². The van der Waals surface area contributed by atoms with Gasteiger partial charge in [-0.05, 0) is 53.1 Å². The Kier molecular flexibility index (Phi) is 4.24. The van der Waals surface area contributed by atoms with E-state index in [1.165, 1.54) is 11.1 Å². The quantitative estimate of drug-likeness (QED) is 0.602. The molecule has 0 saturated carbocycles. The van der Waals surface area contributed by atoms with Gasteiger partial charge < -0.3 is 0 Å². The molecular weight excluding hydrogens is 398 g/mol. The molecule has 1 atom stereocenters. The summed E-state index contributed by atoms with van der Waals surface area (Å²) in [5.74, 6) is 0.775. The van der Waals surface area contributed by atoms with Crippen molar-refractivity contribution in [3.63, 3.8) is 0 Å². The molecule has 1 aliphatic carbocycles. The number of nitrogens with zero attached hydrogens (tertiary/aromatic N) is 1. The van der Waals surface area contributed by atoms with Crippen LogP contribution in [0.2, 0.25) is 5.02 Å². The maximum absolute atomic E-state index is 13.6. The average Bonchev–Trinajstić information content (AvgIpc) is 3.31. The third-order valence-corrected chi connectivity index (χ3v) is 8.96. The molecule has 1 fully saturated rings. The van der Waals surface area contributed by atoms with Gasteiger partial charge in [0.1, 0.15) is 0 Å². The van der Waals surface area contributed by atoms with Crippen LogP contribution in [0, 0.1) is 0 Å². The smallest absolute Gasteiger partial charge is 0.207 e. The van der Waals surface area contributed by atoms with Crippen LogP contribution >= 0.6 is 23.4 Å². The molecule has 0 bridgehead atoms. The Morgan fingerprint density at radius 2 is 1.78 bits per heavy atom. The van der Waals surface area contributed by atoms with Gasteiger partial charge in [0, 0.05) is 22.7 Å². The number of benzene rings is 3. The van der Waals surface area contributed by atoms with Crippen molar-refractivity contribution in [2.75, 3.05) is 12.3 Å². The highest BCUT2D eigenvalue weighted by molar-refractivity contribution is 8.01. The van der Waals surface area contributed by atoms with Crippen molar-refractivity contribution in [1.82, 2.24) is 4.31 Å². The first-order valence-electron chi connectivity index (χ1n) is 8.98. The topological polar surface area (TPSA) is 37.4 Å². The standard InChI is InChI=1S/C21H18ClNO2S2/c22-17-5-1-4-16(13-17)21-23(11-12-26-21)27(24,25)19-10-9-15-8-7-14-3-2-6-18(19)20(14)15/h1-6,9-10,13,21H,7-8,11-12H2/t21-/m1/s1. The molecule has 3 nitrogen and oxygen atoms in total. The summed E-state index contributed by atoms with van der Waals surface area (Å²) in [6.45, 7) is 0.507. The number of hydrogen-bond acceptors (Lipinski definition) is 3. The molecule has 0 amide bonds. The van der Waals surface area contributed by atoms with Gasteiger partial charge in [0.2, 0.25) is 10.0 Å². The molecule has 2 aliphatic rings.